The lowest BCUT2D eigenvalue weighted by atomic mass is 9.87. The molecule has 2 aliphatic rings. The van der Waals surface area contributed by atoms with Gasteiger partial charge >= 0.3 is 0 Å². The molecule has 0 radical (unpaired) electrons. The number of ether oxygens (including phenoxy) is 2. The summed E-state index contributed by atoms with van der Waals surface area (Å²) in [7, 11) is 0. The molecule has 7 heteroatoms. The number of piperidine rings is 1. The first kappa shape index (κ1) is 20.6. The number of hydrogen-bond acceptors (Lipinski definition) is 5. The monoisotopic (exact) mass is 414 g/mol. The average molecular weight is 414 g/mol. The maximum absolute atomic E-state index is 13.5. The van der Waals surface area contributed by atoms with Crippen LogP contribution in [-0.4, -0.2) is 53.9 Å². The van der Waals surface area contributed by atoms with Crippen molar-refractivity contribution in [1.29, 1.82) is 0 Å². The molecule has 2 aliphatic heterocycles. The summed E-state index contributed by atoms with van der Waals surface area (Å²) in [5.74, 6) is 0.924. The topological polar surface area (TPSA) is 71.0 Å². The zero-order chi connectivity index (χ0) is 21.1. The third-order valence-corrected chi connectivity index (χ3v) is 5.73. The van der Waals surface area contributed by atoms with Crippen LogP contribution in [0.3, 0.4) is 0 Å². The van der Waals surface area contributed by atoms with Crippen molar-refractivity contribution in [2.45, 2.75) is 37.9 Å². The molecule has 1 fully saturated rings. The molecule has 1 spiro atoms. The van der Waals surface area contributed by atoms with Gasteiger partial charge in [-0.2, -0.15) is 0 Å². The molecule has 2 aromatic carbocycles. The predicted octanol–water partition coefficient (Wildman–Crippen LogP) is 2.99. The molecule has 2 heterocycles. The van der Waals surface area contributed by atoms with E-state index in [0.717, 1.165) is 43.7 Å². The van der Waals surface area contributed by atoms with Crippen molar-refractivity contribution in [2.24, 2.45) is 0 Å². The van der Waals surface area contributed by atoms with Gasteiger partial charge in [-0.1, -0.05) is 12.1 Å². The number of β-amino-alcohol motifs (C(OH)–C–C–N with tert-alkyl or cyclic N) is 1. The van der Waals surface area contributed by atoms with E-state index in [-0.39, 0.29) is 23.9 Å². The van der Waals surface area contributed by atoms with Gasteiger partial charge in [-0.3, -0.25) is 4.79 Å². The number of aliphatic hydroxyl groups is 1. The number of benzene rings is 2. The smallest absolute Gasteiger partial charge is 0.221 e. The Morgan fingerprint density at radius 2 is 2.07 bits per heavy atom. The number of para-hydroxylation sites is 2. The highest BCUT2D eigenvalue weighted by Gasteiger charge is 2.42. The maximum Gasteiger partial charge on any atom is 0.221 e. The van der Waals surface area contributed by atoms with Crippen LogP contribution in [0.2, 0.25) is 0 Å². The Hall–Kier alpha value is -2.64. The van der Waals surface area contributed by atoms with Crippen LogP contribution in [0.1, 0.15) is 25.3 Å². The van der Waals surface area contributed by atoms with Gasteiger partial charge in [0.2, 0.25) is 5.91 Å². The van der Waals surface area contributed by atoms with E-state index < -0.39 is 6.10 Å². The Labute approximate surface area is 175 Å². The fourth-order valence-electron chi connectivity index (χ4n) is 4.25. The Morgan fingerprint density at radius 1 is 1.30 bits per heavy atom. The number of carbonyl (C=O) groups excluding carboxylic acids is 1. The van der Waals surface area contributed by atoms with Crippen LogP contribution in [-0.2, 0) is 11.2 Å². The molecular weight excluding hydrogens is 387 g/mol. The van der Waals surface area contributed by atoms with Gasteiger partial charge in [0.1, 0.15) is 35.6 Å². The highest BCUT2D eigenvalue weighted by molar-refractivity contribution is 5.90. The van der Waals surface area contributed by atoms with Crippen molar-refractivity contribution in [3.63, 3.8) is 0 Å². The lowest BCUT2D eigenvalue weighted by molar-refractivity contribution is -0.114. The molecule has 2 N–H and O–H groups in total. The third kappa shape index (κ3) is 4.74. The molecule has 1 saturated heterocycles. The zero-order valence-corrected chi connectivity index (χ0v) is 17.1. The third-order valence-electron chi connectivity index (χ3n) is 5.73. The van der Waals surface area contributed by atoms with Crippen LogP contribution >= 0.6 is 0 Å². The van der Waals surface area contributed by atoms with E-state index in [1.807, 2.05) is 12.1 Å². The lowest BCUT2D eigenvalue weighted by Crippen LogP contribution is -2.49. The van der Waals surface area contributed by atoms with Crippen molar-refractivity contribution in [3.8, 4) is 11.5 Å². The van der Waals surface area contributed by atoms with E-state index in [9.17, 15) is 14.3 Å². The van der Waals surface area contributed by atoms with Crippen LogP contribution < -0.4 is 14.8 Å². The van der Waals surface area contributed by atoms with Crippen LogP contribution in [0.15, 0.2) is 42.5 Å². The van der Waals surface area contributed by atoms with Gasteiger partial charge in [0.05, 0.1) is 5.69 Å². The summed E-state index contributed by atoms with van der Waals surface area (Å²) in [4.78, 5) is 13.5. The summed E-state index contributed by atoms with van der Waals surface area (Å²) in [5.41, 5.74) is 1.27. The van der Waals surface area contributed by atoms with Crippen LogP contribution in [0, 0.1) is 5.82 Å². The van der Waals surface area contributed by atoms with E-state index in [4.69, 9.17) is 9.47 Å². The molecule has 2 aromatic rings. The number of fused-ring (bicyclic) bond motifs is 1. The Bertz CT molecular complexity index is 912. The van der Waals surface area contributed by atoms with Crippen molar-refractivity contribution in [2.75, 3.05) is 31.6 Å². The second kappa shape index (κ2) is 8.62. The molecular formula is C23H27FN2O4. The number of hydrogen-bond donors (Lipinski definition) is 2. The molecule has 0 aromatic heterocycles. The fourth-order valence-corrected chi connectivity index (χ4v) is 4.25. The first-order valence-corrected chi connectivity index (χ1v) is 10.3. The van der Waals surface area contributed by atoms with Gasteiger partial charge in [0, 0.05) is 51.4 Å². The van der Waals surface area contributed by atoms with Crippen molar-refractivity contribution < 1.29 is 23.8 Å². The average Bonchev–Trinajstić information content (AvgIpc) is 3.06. The molecule has 160 valence electrons. The van der Waals surface area contributed by atoms with Crippen LogP contribution in [0.25, 0.3) is 0 Å². The molecule has 4 rings (SSSR count). The largest absolute Gasteiger partial charge is 0.489 e. The quantitative estimate of drug-likeness (QED) is 0.761. The number of halogens is 1. The van der Waals surface area contributed by atoms with Crippen molar-refractivity contribution >= 4 is 11.6 Å². The van der Waals surface area contributed by atoms with Crippen molar-refractivity contribution in [3.05, 3.63) is 53.8 Å². The van der Waals surface area contributed by atoms with E-state index in [2.05, 4.69) is 10.2 Å². The summed E-state index contributed by atoms with van der Waals surface area (Å²) in [5, 5.41) is 13.2. The number of rotatable bonds is 6. The van der Waals surface area contributed by atoms with E-state index >= 15 is 0 Å². The van der Waals surface area contributed by atoms with Crippen LogP contribution in [0.5, 0.6) is 11.5 Å². The second-order valence-electron chi connectivity index (χ2n) is 8.16. The number of nitrogens with one attached hydrogen (secondary N) is 1. The predicted molar refractivity (Wildman–Crippen MR) is 111 cm³/mol. The highest BCUT2D eigenvalue weighted by atomic mass is 19.1. The lowest BCUT2D eigenvalue weighted by Gasteiger charge is -2.39. The van der Waals surface area contributed by atoms with E-state index in [1.54, 1.807) is 24.3 Å². The number of aliphatic hydroxyl groups excluding tert-OH is 1. The Kier molecular flexibility index (Phi) is 5.92. The second-order valence-corrected chi connectivity index (χ2v) is 8.16. The van der Waals surface area contributed by atoms with Gasteiger partial charge in [-0.25, -0.2) is 4.39 Å². The Morgan fingerprint density at radius 3 is 2.83 bits per heavy atom. The number of likely N-dealkylation sites (tertiary alicyclic amines) is 1. The molecule has 0 bridgehead atoms. The van der Waals surface area contributed by atoms with E-state index in [1.165, 1.54) is 13.0 Å². The number of anilines is 1. The molecule has 0 aliphatic carbocycles. The SMILES string of the molecule is CC(=O)Nc1ccccc1OC[C@H](O)CN1CCC2(CC1)Cc1cc(F)ccc1O2. The van der Waals surface area contributed by atoms with Crippen molar-refractivity contribution in [1.82, 2.24) is 4.90 Å². The summed E-state index contributed by atoms with van der Waals surface area (Å²) in [6.07, 6.45) is 1.75. The highest BCUT2D eigenvalue weighted by Crippen LogP contribution is 2.41. The Balaban J connectivity index is 1.26. The summed E-state index contributed by atoms with van der Waals surface area (Å²) >= 11 is 0. The minimum absolute atomic E-state index is 0.138. The fraction of sp³-hybridized carbons (Fsp3) is 0.435. The molecule has 1 amide bonds. The summed E-state index contributed by atoms with van der Waals surface area (Å²) in [6.45, 7) is 3.68. The minimum atomic E-state index is -0.653. The molecule has 30 heavy (non-hydrogen) atoms. The van der Waals surface area contributed by atoms with Gasteiger partial charge in [0.25, 0.3) is 0 Å². The molecule has 1 atom stereocenters. The molecule has 0 unspecified atom stereocenters. The normalized spacial score (nSPS) is 18.5. The number of amides is 1. The van der Waals surface area contributed by atoms with Gasteiger partial charge in [0.15, 0.2) is 0 Å². The van der Waals surface area contributed by atoms with Gasteiger partial charge < -0.3 is 24.8 Å². The molecule has 0 saturated carbocycles. The molecule has 6 nitrogen and oxygen atoms in total. The maximum atomic E-state index is 13.5. The number of carbonyl (C=O) groups is 1. The minimum Gasteiger partial charge on any atom is -0.489 e. The first-order chi connectivity index (χ1) is 14.4. The number of nitrogens with zero attached hydrogens (tertiary/aromatic N) is 1. The van der Waals surface area contributed by atoms with Crippen LogP contribution in [0.4, 0.5) is 10.1 Å². The van der Waals surface area contributed by atoms with Gasteiger partial charge in [-0.05, 0) is 30.3 Å². The first-order valence-electron chi connectivity index (χ1n) is 10.3. The van der Waals surface area contributed by atoms with Gasteiger partial charge in [-0.15, -0.1) is 0 Å². The summed E-state index contributed by atoms with van der Waals surface area (Å²) < 4.78 is 25.4. The summed E-state index contributed by atoms with van der Waals surface area (Å²) in [6, 6.07) is 11.9. The van der Waals surface area contributed by atoms with E-state index in [0.29, 0.717) is 18.0 Å². The standard InChI is InChI=1S/C23H27FN2O4/c1-16(27)25-20-4-2-3-5-22(20)29-15-19(28)14-26-10-8-23(9-11-26)13-17-12-18(24)6-7-21(17)30-23/h2-7,12,19,28H,8-11,13-15H2,1H3,(H,25,27)/t19-/m1/s1. The zero-order valence-electron chi connectivity index (χ0n) is 17.1.